The van der Waals surface area contributed by atoms with Crippen LogP contribution in [0.1, 0.15) is 5.56 Å². The van der Waals surface area contributed by atoms with Gasteiger partial charge in [-0.05, 0) is 29.8 Å². The summed E-state index contributed by atoms with van der Waals surface area (Å²) >= 11 is 0. The van der Waals surface area contributed by atoms with Crippen LogP contribution in [0, 0.1) is 0 Å². The Kier molecular flexibility index (Phi) is 4.36. The zero-order valence-corrected chi connectivity index (χ0v) is 16.3. The molecule has 0 radical (unpaired) electrons. The van der Waals surface area contributed by atoms with Crippen molar-refractivity contribution in [1.29, 1.82) is 0 Å². The Balaban J connectivity index is 1.40. The average Bonchev–Trinajstić information content (AvgIpc) is 3.23. The van der Waals surface area contributed by atoms with Crippen molar-refractivity contribution < 1.29 is 4.74 Å². The normalized spacial score (nSPS) is 11.1. The highest BCUT2D eigenvalue weighted by Gasteiger charge is 2.09. The van der Waals surface area contributed by atoms with Gasteiger partial charge in [0.2, 0.25) is 0 Å². The van der Waals surface area contributed by atoms with Crippen molar-refractivity contribution in [1.82, 2.24) is 24.5 Å². The summed E-state index contributed by atoms with van der Waals surface area (Å²) in [5.41, 5.74) is 9.44. The second-order valence-corrected chi connectivity index (χ2v) is 6.82. The summed E-state index contributed by atoms with van der Waals surface area (Å²) in [6.07, 6.45) is 6.79. The van der Waals surface area contributed by atoms with E-state index in [0.29, 0.717) is 18.2 Å². The molecule has 4 heterocycles. The predicted octanol–water partition coefficient (Wildman–Crippen LogP) is 3.57. The van der Waals surface area contributed by atoms with Crippen LogP contribution in [-0.2, 0) is 6.61 Å². The molecular weight excluding hydrogens is 378 g/mol. The van der Waals surface area contributed by atoms with Crippen LogP contribution in [0.2, 0.25) is 0 Å². The van der Waals surface area contributed by atoms with Gasteiger partial charge in [-0.1, -0.05) is 12.1 Å². The van der Waals surface area contributed by atoms with Gasteiger partial charge in [0.15, 0.2) is 0 Å². The second kappa shape index (κ2) is 7.32. The third kappa shape index (κ3) is 3.24. The molecule has 3 N–H and O–H groups in total. The zero-order chi connectivity index (χ0) is 20.5. The lowest BCUT2D eigenvalue weighted by molar-refractivity contribution is 0.305. The van der Waals surface area contributed by atoms with Crippen molar-refractivity contribution in [2.45, 2.75) is 6.61 Å². The molecule has 0 atom stereocenters. The fourth-order valence-electron chi connectivity index (χ4n) is 3.36. The molecule has 0 bridgehead atoms. The highest BCUT2D eigenvalue weighted by molar-refractivity contribution is 5.87. The molecule has 4 aromatic heterocycles. The quantitative estimate of drug-likeness (QED) is 0.467. The molecule has 0 spiro atoms. The minimum absolute atomic E-state index is 0.411. The SMILES string of the molecule is CNc1ccc2ccc(COc3cncc(-n4ccc5c(N)ncnc54)c3)cc2n1. The number of pyridine rings is 2. The number of aromatic nitrogens is 5. The van der Waals surface area contributed by atoms with E-state index in [1.54, 1.807) is 12.4 Å². The maximum absolute atomic E-state index is 6.00. The van der Waals surface area contributed by atoms with Crippen molar-refractivity contribution in [3.05, 3.63) is 72.9 Å². The molecule has 5 aromatic rings. The van der Waals surface area contributed by atoms with Crippen LogP contribution in [-0.4, -0.2) is 31.6 Å². The van der Waals surface area contributed by atoms with E-state index in [1.807, 2.05) is 60.3 Å². The van der Waals surface area contributed by atoms with E-state index in [-0.39, 0.29) is 0 Å². The molecule has 0 aliphatic carbocycles. The Morgan fingerprint density at radius 2 is 1.97 bits per heavy atom. The van der Waals surface area contributed by atoms with E-state index in [4.69, 9.17) is 10.5 Å². The molecule has 0 saturated heterocycles. The number of hydrogen-bond acceptors (Lipinski definition) is 7. The standard InChI is InChI=1S/C22H19N7O/c1-24-20-5-4-15-3-2-14(8-19(15)28-20)12-30-17-9-16(10-25-11-17)29-7-6-18-21(23)26-13-27-22(18)29/h2-11,13H,12H2,1H3,(H,24,28)(H2,23,26,27). The Labute approximate surface area is 172 Å². The van der Waals surface area contributed by atoms with E-state index in [0.717, 1.165) is 39.0 Å². The van der Waals surface area contributed by atoms with Crippen LogP contribution in [0.5, 0.6) is 5.75 Å². The van der Waals surface area contributed by atoms with Crippen LogP contribution < -0.4 is 15.8 Å². The van der Waals surface area contributed by atoms with Crippen LogP contribution in [0.4, 0.5) is 11.6 Å². The summed E-state index contributed by atoms with van der Waals surface area (Å²) in [5, 5.41) is 4.95. The minimum Gasteiger partial charge on any atom is -0.487 e. The largest absolute Gasteiger partial charge is 0.487 e. The van der Waals surface area contributed by atoms with Gasteiger partial charge in [0.05, 0.1) is 29.0 Å². The fourth-order valence-corrected chi connectivity index (χ4v) is 3.36. The maximum atomic E-state index is 6.00. The van der Waals surface area contributed by atoms with Crippen LogP contribution in [0.15, 0.2) is 67.4 Å². The number of nitrogens with zero attached hydrogens (tertiary/aromatic N) is 5. The number of benzene rings is 1. The summed E-state index contributed by atoms with van der Waals surface area (Å²) < 4.78 is 7.90. The van der Waals surface area contributed by atoms with Crippen molar-refractivity contribution in [3.8, 4) is 11.4 Å². The van der Waals surface area contributed by atoms with Gasteiger partial charge in [-0.3, -0.25) is 9.55 Å². The topological polar surface area (TPSA) is 104 Å². The van der Waals surface area contributed by atoms with E-state index in [1.165, 1.54) is 6.33 Å². The summed E-state index contributed by atoms with van der Waals surface area (Å²) in [4.78, 5) is 17.3. The average molecular weight is 397 g/mol. The Morgan fingerprint density at radius 1 is 1.07 bits per heavy atom. The molecule has 8 nitrogen and oxygen atoms in total. The maximum Gasteiger partial charge on any atom is 0.150 e. The van der Waals surface area contributed by atoms with Crippen molar-refractivity contribution in [3.63, 3.8) is 0 Å². The van der Waals surface area contributed by atoms with Gasteiger partial charge in [-0.25, -0.2) is 15.0 Å². The molecule has 1 aromatic carbocycles. The van der Waals surface area contributed by atoms with E-state index in [9.17, 15) is 0 Å². The number of anilines is 2. The molecule has 0 aliphatic heterocycles. The lowest BCUT2D eigenvalue weighted by atomic mass is 10.1. The van der Waals surface area contributed by atoms with Gasteiger partial charge in [0, 0.05) is 24.7 Å². The van der Waals surface area contributed by atoms with Crippen molar-refractivity contribution in [2.24, 2.45) is 0 Å². The number of nitrogen functional groups attached to an aromatic ring is 1. The Morgan fingerprint density at radius 3 is 2.87 bits per heavy atom. The molecule has 8 heteroatoms. The lowest BCUT2D eigenvalue weighted by Gasteiger charge is -2.10. The van der Waals surface area contributed by atoms with Gasteiger partial charge >= 0.3 is 0 Å². The van der Waals surface area contributed by atoms with Gasteiger partial charge in [0.25, 0.3) is 0 Å². The fraction of sp³-hybridized carbons (Fsp3) is 0.0909. The molecule has 0 amide bonds. The van der Waals surface area contributed by atoms with Gasteiger partial charge in [0.1, 0.15) is 36.0 Å². The van der Waals surface area contributed by atoms with Gasteiger partial charge in [-0.2, -0.15) is 0 Å². The highest BCUT2D eigenvalue weighted by atomic mass is 16.5. The number of hydrogen-bond donors (Lipinski definition) is 2. The first kappa shape index (κ1) is 17.9. The Hall–Kier alpha value is -4.20. The lowest BCUT2D eigenvalue weighted by Crippen LogP contribution is -2.00. The zero-order valence-electron chi connectivity index (χ0n) is 16.3. The number of nitrogens with two attached hydrogens (primary N) is 1. The molecule has 5 rings (SSSR count). The summed E-state index contributed by atoms with van der Waals surface area (Å²) in [6, 6.07) is 13.9. The smallest absolute Gasteiger partial charge is 0.150 e. The third-order valence-electron chi connectivity index (χ3n) is 4.91. The first-order valence-corrected chi connectivity index (χ1v) is 9.44. The van der Waals surface area contributed by atoms with E-state index >= 15 is 0 Å². The third-order valence-corrected chi connectivity index (χ3v) is 4.91. The van der Waals surface area contributed by atoms with Crippen LogP contribution in [0.25, 0.3) is 27.6 Å². The van der Waals surface area contributed by atoms with Crippen molar-refractivity contribution >= 4 is 33.6 Å². The first-order valence-electron chi connectivity index (χ1n) is 9.44. The molecular formula is C22H19N7O. The van der Waals surface area contributed by atoms with Gasteiger partial charge in [-0.15, -0.1) is 0 Å². The summed E-state index contributed by atoms with van der Waals surface area (Å²) in [6.45, 7) is 0.411. The summed E-state index contributed by atoms with van der Waals surface area (Å²) in [5.74, 6) is 1.94. The van der Waals surface area contributed by atoms with Crippen molar-refractivity contribution in [2.75, 3.05) is 18.1 Å². The number of rotatable bonds is 5. The van der Waals surface area contributed by atoms with E-state index < -0.39 is 0 Å². The Bertz CT molecular complexity index is 1360. The monoisotopic (exact) mass is 397 g/mol. The minimum atomic E-state index is 0.411. The molecule has 0 saturated carbocycles. The second-order valence-electron chi connectivity index (χ2n) is 6.82. The first-order chi connectivity index (χ1) is 14.7. The number of nitrogens with one attached hydrogen (secondary N) is 1. The molecule has 0 unspecified atom stereocenters. The van der Waals surface area contributed by atoms with Crippen LogP contribution >= 0.6 is 0 Å². The van der Waals surface area contributed by atoms with E-state index in [2.05, 4.69) is 25.3 Å². The van der Waals surface area contributed by atoms with Gasteiger partial charge < -0.3 is 15.8 Å². The molecule has 148 valence electrons. The van der Waals surface area contributed by atoms with Crippen LogP contribution in [0.3, 0.4) is 0 Å². The molecule has 30 heavy (non-hydrogen) atoms. The molecule has 0 aliphatic rings. The predicted molar refractivity (Wildman–Crippen MR) is 117 cm³/mol. The number of ether oxygens (including phenoxy) is 1. The molecule has 0 fully saturated rings. The summed E-state index contributed by atoms with van der Waals surface area (Å²) in [7, 11) is 1.86. The highest BCUT2D eigenvalue weighted by Crippen LogP contribution is 2.24. The number of fused-ring (bicyclic) bond motifs is 2.